The third-order valence-electron chi connectivity index (χ3n) is 1.76. The molecule has 0 spiro atoms. The highest BCUT2D eigenvalue weighted by atomic mass is 35.5. The summed E-state index contributed by atoms with van der Waals surface area (Å²) < 4.78 is 0. The summed E-state index contributed by atoms with van der Waals surface area (Å²) in [7, 11) is 0. The molecule has 0 aliphatic carbocycles. The number of nitriles is 1. The highest BCUT2D eigenvalue weighted by molar-refractivity contribution is 6.68. The van der Waals surface area contributed by atoms with Gasteiger partial charge in [0.15, 0.2) is 0 Å². The van der Waals surface area contributed by atoms with Crippen LogP contribution < -0.4 is 0 Å². The maximum absolute atomic E-state index is 10.7. The van der Waals surface area contributed by atoms with E-state index in [2.05, 4.69) is 0 Å². The van der Waals surface area contributed by atoms with Crippen LogP contribution >= 0.6 is 11.6 Å². The lowest BCUT2D eigenvalue weighted by atomic mass is 10.1. The van der Waals surface area contributed by atoms with Crippen molar-refractivity contribution in [2.24, 2.45) is 0 Å². The Hall–Kier alpha value is -1.53. The zero-order chi connectivity index (χ0) is 10.0. The summed E-state index contributed by atoms with van der Waals surface area (Å²) in [5.74, 6) is -0.223. The molecule has 0 unspecified atom stereocenters. The normalized spacial score (nSPS) is 9.31. The zero-order valence-corrected chi connectivity index (χ0v) is 7.59. The third-order valence-corrected chi connectivity index (χ3v) is 1.97. The standard InChI is InChI=1S/C9H6ClNO2/c1-5-6(4-11)2-3-7(8(5)12)9(10)13/h2-3,12H,1H3. The van der Waals surface area contributed by atoms with E-state index in [0.29, 0.717) is 11.1 Å². The van der Waals surface area contributed by atoms with E-state index in [1.807, 2.05) is 6.07 Å². The van der Waals surface area contributed by atoms with Gasteiger partial charge in [0, 0.05) is 5.56 Å². The number of hydrogen-bond acceptors (Lipinski definition) is 3. The minimum absolute atomic E-state index is 0.0261. The molecule has 0 fully saturated rings. The summed E-state index contributed by atoms with van der Waals surface area (Å²) in [5, 5.41) is 17.3. The van der Waals surface area contributed by atoms with E-state index in [1.54, 1.807) is 6.92 Å². The molecule has 0 atom stereocenters. The lowest BCUT2D eigenvalue weighted by Gasteiger charge is -2.03. The lowest BCUT2D eigenvalue weighted by Crippen LogP contribution is -1.93. The molecule has 0 heterocycles. The molecular weight excluding hydrogens is 190 g/mol. The highest BCUT2D eigenvalue weighted by Gasteiger charge is 2.12. The molecule has 0 saturated carbocycles. The van der Waals surface area contributed by atoms with Gasteiger partial charge in [-0.3, -0.25) is 4.79 Å². The quantitative estimate of drug-likeness (QED) is 0.697. The number of phenolic OH excluding ortho intramolecular Hbond substituents is 1. The summed E-state index contributed by atoms with van der Waals surface area (Å²) in [6.07, 6.45) is 0. The van der Waals surface area contributed by atoms with E-state index in [9.17, 15) is 9.90 Å². The van der Waals surface area contributed by atoms with E-state index >= 15 is 0 Å². The fourth-order valence-electron chi connectivity index (χ4n) is 0.980. The van der Waals surface area contributed by atoms with Gasteiger partial charge < -0.3 is 5.11 Å². The first-order chi connectivity index (χ1) is 6.07. The minimum atomic E-state index is -0.731. The van der Waals surface area contributed by atoms with Crippen molar-refractivity contribution in [2.75, 3.05) is 0 Å². The molecule has 0 saturated heterocycles. The van der Waals surface area contributed by atoms with Crippen molar-refractivity contribution in [3.63, 3.8) is 0 Å². The van der Waals surface area contributed by atoms with Gasteiger partial charge in [-0.1, -0.05) is 0 Å². The first-order valence-electron chi connectivity index (χ1n) is 3.50. The highest BCUT2D eigenvalue weighted by Crippen LogP contribution is 2.25. The van der Waals surface area contributed by atoms with Gasteiger partial charge in [-0.25, -0.2) is 0 Å². The fraction of sp³-hybridized carbons (Fsp3) is 0.111. The second-order valence-corrected chi connectivity index (χ2v) is 2.86. The van der Waals surface area contributed by atoms with Gasteiger partial charge >= 0.3 is 0 Å². The van der Waals surface area contributed by atoms with Gasteiger partial charge in [0.05, 0.1) is 17.2 Å². The van der Waals surface area contributed by atoms with Crippen LogP contribution in [0.15, 0.2) is 12.1 Å². The Morgan fingerprint density at radius 2 is 2.23 bits per heavy atom. The number of aromatic hydroxyl groups is 1. The minimum Gasteiger partial charge on any atom is -0.507 e. The second kappa shape index (κ2) is 3.46. The van der Waals surface area contributed by atoms with Gasteiger partial charge in [-0.05, 0) is 30.7 Å². The molecule has 1 aromatic rings. The zero-order valence-electron chi connectivity index (χ0n) is 6.84. The predicted molar refractivity (Wildman–Crippen MR) is 47.7 cm³/mol. The van der Waals surface area contributed by atoms with E-state index in [1.165, 1.54) is 12.1 Å². The van der Waals surface area contributed by atoms with E-state index in [4.69, 9.17) is 16.9 Å². The van der Waals surface area contributed by atoms with E-state index < -0.39 is 5.24 Å². The average Bonchev–Trinajstić information content (AvgIpc) is 2.09. The lowest BCUT2D eigenvalue weighted by molar-refractivity contribution is 0.107. The van der Waals surface area contributed by atoms with Gasteiger partial charge in [-0.15, -0.1) is 0 Å². The Kier molecular flexibility index (Phi) is 2.54. The molecule has 0 amide bonds. The number of hydrogen-bond donors (Lipinski definition) is 1. The number of carbonyl (C=O) groups is 1. The van der Waals surface area contributed by atoms with Crippen molar-refractivity contribution in [3.8, 4) is 11.8 Å². The summed E-state index contributed by atoms with van der Waals surface area (Å²) in [6, 6.07) is 4.67. The molecule has 66 valence electrons. The number of halogens is 1. The molecule has 0 aromatic heterocycles. The van der Waals surface area contributed by atoms with Crippen LogP contribution in [0.25, 0.3) is 0 Å². The average molecular weight is 196 g/mol. The Balaban J connectivity index is 3.42. The number of rotatable bonds is 1. The van der Waals surface area contributed by atoms with E-state index in [-0.39, 0.29) is 11.3 Å². The van der Waals surface area contributed by atoms with Crippen molar-refractivity contribution < 1.29 is 9.90 Å². The van der Waals surface area contributed by atoms with Crippen LogP contribution in [0, 0.1) is 18.3 Å². The van der Waals surface area contributed by atoms with Gasteiger partial charge in [0.25, 0.3) is 5.24 Å². The topological polar surface area (TPSA) is 61.1 Å². The van der Waals surface area contributed by atoms with Crippen molar-refractivity contribution in [1.82, 2.24) is 0 Å². The Labute approximate surface area is 80.2 Å². The molecule has 1 N–H and O–H groups in total. The first-order valence-corrected chi connectivity index (χ1v) is 3.88. The molecule has 1 aromatic carbocycles. The smallest absolute Gasteiger partial charge is 0.256 e. The van der Waals surface area contributed by atoms with Crippen molar-refractivity contribution in [3.05, 3.63) is 28.8 Å². The van der Waals surface area contributed by atoms with Gasteiger partial charge in [0.1, 0.15) is 5.75 Å². The van der Waals surface area contributed by atoms with Crippen LogP contribution in [-0.4, -0.2) is 10.3 Å². The number of nitrogens with zero attached hydrogens (tertiary/aromatic N) is 1. The molecule has 13 heavy (non-hydrogen) atoms. The molecule has 1 rings (SSSR count). The maximum Gasteiger partial charge on any atom is 0.256 e. The van der Waals surface area contributed by atoms with Crippen molar-refractivity contribution in [1.29, 1.82) is 5.26 Å². The molecule has 4 heteroatoms. The Morgan fingerprint density at radius 1 is 1.62 bits per heavy atom. The van der Waals surface area contributed by atoms with E-state index in [0.717, 1.165) is 0 Å². The summed E-state index contributed by atoms with van der Waals surface area (Å²) in [6.45, 7) is 1.55. The van der Waals surface area contributed by atoms with Crippen LogP contribution in [0.2, 0.25) is 0 Å². The second-order valence-electron chi connectivity index (χ2n) is 2.52. The number of phenols is 1. The van der Waals surface area contributed by atoms with Crippen molar-refractivity contribution in [2.45, 2.75) is 6.92 Å². The predicted octanol–water partition coefficient (Wildman–Crippen LogP) is 1.95. The molecule has 0 radical (unpaired) electrons. The summed E-state index contributed by atoms with van der Waals surface area (Å²) >= 11 is 5.19. The van der Waals surface area contributed by atoms with Crippen LogP contribution in [-0.2, 0) is 0 Å². The number of carbonyl (C=O) groups excluding carboxylic acids is 1. The van der Waals surface area contributed by atoms with Crippen LogP contribution in [0.5, 0.6) is 5.75 Å². The summed E-state index contributed by atoms with van der Waals surface area (Å²) in [5.41, 5.74) is 0.728. The molecule has 0 bridgehead atoms. The molecule has 0 aliphatic heterocycles. The van der Waals surface area contributed by atoms with Gasteiger partial charge in [0.2, 0.25) is 0 Å². The molecular formula is C9H6ClNO2. The van der Waals surface area contributed by atoms with Crippen LogP contribution in [0.1, 0.15) is 21.5 Å². The molecule has 0 aliphatic rings. The fourth-order valence-corrected chi connectivity index (χ4v) is 1.13. The van der Waals surface area contributed by atoms with Crippen LogP contribution in [0.4, 0.5) is 0 Å². The van der Waals surface area contributed by atoms with Crippen LogP contribution in [0.3, 0.4) is 0 Å². The first kappa shape index (κ1) is 9.56. The third kappa shape index (κ3) is 1.63. The molecule has 3 nitrogen and oxygen atoms in total. The Morgan fingerprint density at radius 3 is 2.69 bits per heavy atom. The van der Waals surface area contributed by atoms with Crippen molar-refractivity contribution >= 4 is 16.8 Å². The summed E-state index contributed by atoms with van der Waals surface area (Å²) in [4.78, 5) is 10.7. The largest absolute Gasteiger partial charge is 0.507 e. The maximum atomic E-state index is 10.7. The number of benzene rings is 1. The Bertz CT molecular complexity index is 407. The monoisotopic (exact) mass is 195 g/mol. The SMILES string of the molecule is Cc1c(C#N)ccc(C(=O)Cl)c1O. The van der Waals surface area contributed by atoms with Gasteiger partial charge in [-0.2, -0.15) is 5.26 Å².